The normalized spacial score (nSPS) is 10.4. The molecule has 3 aromatic rings. The Morgan fingerprint density at radius 1 is 0.857 bits per heavy atom. The summed E-state index contributed by atoms with van der Waals surface area (Å²) in [6, 6.07) is 23.1. The Hall–Kier alpha value is -2.61. The van der Waals surface area contributed by atoms with Crippen molar-refractivity contribution in [3.8, 4) is 28.0 Å². The smallest absolute Gasteiger partial charge is 0.131 e. The second-order valence-electron chi connectivity index (χ2n) is 4.68. The van der Waals surface area contributed by atoms with Gasteiger partial charge in [-0.05, 0) is 35.4 Å². The second-order valence-corrected chi connectivity index (χ2v) is 4.68. The van der Waals surface area contributed by atoms with Crippen LogP contribution in [0.4, 0.5) is 4.39 Å². The average Bonchev–Trinajstić information content (AvgIpc) is 2.55. The van der Waals surface area contributed by atoms with E-state index in [4.69, 9.17) is 4.74 Å². The molecule has 0 amide bonds. The van der Waals surface area contributed by atoms with Crippen LogP contribution in [0.1, 0.15) is 0 Å². The molecule has 3 aromatic carbocycles. The second kappa shape index (κ2) is 5.80. The first-order valence-corrected chi connectivity index (χ1v) is 6.69. The van der Waals surface area contributed by atoms with E-state index in [1.54, 1.807) is 19.2 Å². The monoisotopic (exact) mass is 277 g/mol. The van der Waals surface area contributed by atoms with Gasteiger partial charge >= 0.3 is 0 Å². The highest BCUT2D eigenvalue weighted by Gasteiger charge is 2.10. The van der Waals surface area contributed by atoms with Crippen LogP contribution in [-0.2, 0) is 0 Å². The van der Waals surface area contributed by atoms with Crippen molar-refractivity contribution in [2.24, 2.45) is 0 Å². The van der Waals surface area contributed by atoms with Crippen molar-refractivity contribution in [1.82, 2.24) is 0 Å². The summed E-state index contributed by atoms with van der Waals surface area (Å²) < 4.78 is 19.4. The first-order chi connectivity index (χ1) is 10.3. The maximum Gasteiger partial charge on any atom is 0.131 e. The van der Waals surface area contributed by atoms with Gasteiger partial charge < -0.3 is 4.74 Å². The summed E-state index contributed by atoms with van der Waals surface area (Å²) in [6.45, 7) is 0. The molecule has 0 aliphatic carbocycles. The third-order valence-electron chi connectivity index (χ3n) is 3.41. The third-order valence-corrected chi connectivity index (χ3v) is 3.41. The standard InChI is InChI=1S/C19H14FO/c1-21-19-12-11-15(16-9-5-6-10-18(16)20)13-17(19)14-7-3-2-4-8-14/h3-13H,1H3. The summed E-state index contributed by atoms with van der Waals surface area (Å²) in [5.74, 6) is 0.538. The maximum absolute atomic E-state index is 14.0. The molecule has 21 heavy (non-hydrogen) atoms. The van der Waals surface area contributed by atoms with Crippen LogP contribution in [0.15, 0.2) is 66.7 Å². The number of hydrogen-bond acceptors (Lipinski definition) is 1. The molecule has 1 nitrogen and oxygen atoms in total. The van der Waals surface area contributed by atoms with Crippen LogP contribution in [-0.4, -0.2) is 7.11 Å². The zero-order valence-corrected chi connectivity index (χ0v) is 11.6. The molecule has 0 spiro atoms. The first kappa shape index (κ1) is 13.4. The van der Waals surface area contributed by atoms with Gasteiger partial charge in [-0.1, -0.05) is 48.5 Å². The lowest BCUT2D eigenvalue weighted by molar-refractivity contribution is 0.416. The summed E-state index contributed by atoms with van der Waals surface area (Å²) in [5.41, 5.74) is 3.37. The van der Waals surface area contributed by atoms with E-state index in [1.165, 1.54) is 6.07 Å². The Kier molecular flexibility index (Phi) is 3.69. The van der Waals surface area contributed by atoms with E-state index < -0.39 is 0 Å². The predicted octanol–water partition coefficient (Wildman–Crippen LogP) is 4.97. The van der Waals surface area contributed by atoms with Crippen LogP contribution < -0.4 is 4.74 Å². The predicted molar refractivity (Wildman–Crippen MR) is 82.7 cm³/mol. The molecule has 0 saturated carbocycles. The van der Waals surface area contributed by atoms with Gasteiger partial charge in [0.05, 0.1) is 7.11 Å². The molecule has 0 N–H and O–H groups in total. The molecule has 103 valence electrons. The molecule has 1 radical (unpaired) electrons. The van der Waals surface area contributed by atoms with Crippen LogP contribution in [0.25, 0.3) is 22.3 Å². The fourth-order valence-electron chi connectivity index (χ4n) is 2.36. The lowest BCUT2D eigenvalue weighted by atomic mass is 9.98. The highest BCUT2D eigenvalue weighted by Crippen LogP contribution is 2.34. The summed E-state index contributed by atoms with van der Waals surface area (Å²) in [4.78, 5) is 0. The van der Waals surface area contributed by atoms with E-state index in [0.717, 1.165) is 22.4 Å². The molecular formula is C19H14FO. The fourth-order valence-corrected chi connectivity index (χ4v) is 2.36. The topological polar surface area (TPSA) is 9.23 Å². The molecular weight excluding hydrogens is 263 g/mol. The van der Waals surface area contributed by atoms with Crippen LogP contribution in [0.3, 0.4) is 0 Å². The number of benzene rings is 3. The fraction of sp³-hybridized carbons (Fsp3) is 0.0526. The van der Waals surface area contributed by atoms with Gasteiger partial charge in [-0.2, -0.15) is 0 Å². The minimum atomic E-state index is -0.227. The Balaban J connectivity index is 2.16. The van der Waals surface area contributed by atoms with Crippen molar-refractivity contribution in [2.75, 3.05) is 7.11 Å². The Bertz CT molecular complexity index is 751. The molecule has 2 heteroatoms. The Morgan fingerprint density at radius 2 is 1.62 bits per heavy atom. The molecule has 0 aliphatic rings. The average molecular weight is 277 g/mol. The largest absolute Gasteiger partial charge is 0.496 e. The molecule has 0 heterocycles. The number of rotatable bonds is 3. The van der Waals surface area contributed by atoms with E-state index in [2.05, 4.69) is 6.07 Å². The minimum Gasteiger partial charge on any atom is -0.496 e. The van der Waals surface area contributed by atoms with Gasteiger partial charge in [0.15, 0.2) is 0 Å². The zero-order chi connectivity index (χ0) is 14.7. The van der Waals surface area contributed by atoms with Crippen molar-refractivity contribution < 1.29 is 9.13 Å². The van der Waals surface area contributed by atoms with Crippen LogP contribution in [0.5, 0.6) is 5.75 Å². The van der Waals surface area contributed by atoms with Gasteiger partial charge in [0.2, 0.25) is 0 Å². The molecule has 0 fully saturated rings. The van der Waals surface area contributed by atoms with Gasteiger partial charge in [0, 0.05) is 11.1 Å². The van der Waals surface area contributed by atoms with E-state index in [0.29, 0.717) is 5.56 Å². The van der Waals surface area contributed by atoms with E-state index in [9.17, 15) is 4.39 Å². The number of hydrogen-bond donors (Lipinski definition) is 0. The maximum atomic E-state index is 14.0. The Labute approximate surface area is 123 Å². The molecule has 0 unspecified atom stereocenters. The van der Waals surface area contributed by atoms with E-state index >= 15 is 0 Å². The summed E-state index contributed by atoms with van der Waals surface area (Å²) >= 11 is 0. The molecule has 0 bridgehead atoms. The lowest BCUT2D eigenvalue weighted by Crippen LogP contribution is -1.90. The summed E-state index contributed by atoms with van der Waals surface area (Å²) in [6.07, 6.45) is 0. The van der Waals surface area contributed by atoms with Crippen molar-refractivity contribution in [3.63, 3.8) is 0 Å². The molecule has 0 aliphatic heterocycles. The molecule has 3 rings (SSSR count). The van der Waals surface area contributed by atoms with Crippen LogP contribution >= 0.6 is 0 Å². The van der Waals surface area contributed by atoms with Gasteiger partial charge in [-0.15, -0.1) is 0 Å². The number of halogens is 1. The summed E-state index contributed by atoms with van der Waals surface area (Å²) in [5, 5.41) is 0. The molecule has 0 saturated heterocycles. The number of ether oxygens (including phenoxy) is 1. The summed E-state index contributed by atoms with van der Waals surface area (Å²) in [7, 11) is 1.64. The van der Waals surface area contributed by atoms with Crippen LogP contribution in [0.2, 0.25) is 0 Å². The first-order valence-electron chi connectivity index (χ1n) is 6.69. The highest BCUT2D eigenvalue weighted by atomic mass is 19.1. The SMILES string of the molecule is COc1ccc(-c2ccccc2F)cc1-c1cc[c]cc1. The highest BCUT2D eigenvalue weighted by molar-refractivity contribution is 5.77. The van der Waals surface area contributed by atoms with Crippen molar-refractivity contribution >= 4 is 0 Å². The van der Waals surface area contributed by atoms with Gasteiger partial charge in [-0.25, -0.2) is 4.39 Å². The number of methoxy groups -OCH3 is 1. The van der Waals surface area contributed by atoms with Gasteiger partial charge in [-0.3, -0.25) is 0 Å². The minimum absolute atomic E-state index is 0.227. The molecule has 0 atom stereocenters. The Morgan fingerprint density at radius 3 is 2.33 bits per heavy atom. The van der Waals surface area contributed by atoms with Crippen molar-refractivity contribution in [3.05, 3.63) is 78.6 Å². The van der Waals surface area contributed by atoms with Gasteiger partial charge in [0.1, 0.15) is 11.6 Å². The van der Waals surface area contributed by atoms with E-state index in [1.807, 2.05) is 48.5 Å². The van der Waals surface area contributed by atoms with E-state index in [-0.39, 0.29) is 5.82 Å². The van der Waals surface area contributed by atoms with Gasteiger partial charge in [0.25, 0.3) is 0 Å². The quantitative estimate of drug-likeness (QED) is 0.657. The van der Waals surface area contributed by atoms with Crippen molar-refractivity contribution in [2.45, 2.75) is 0 Å². The van der Waals surface area contributed by atoms with Crippen molar-refractivity contribution in [1.29, 1.82) is 0 Å². The zero-order valence-electron chi connectivity index (χ0n) is 11.6. The lowest BCUT2D eigenvalue weighted by Gasteiger charge is -2.11. The van der Waals surface area contributed by atoms with Crippen LogP contribution in [0, 0.1) is 11.9 Å². The third kappa shape index (κ3) is 2.65. The molecule has 0 aromatic heterocycles.